The molecule has 1 aliphatic rings. The molecule has 2 nitrogen and oxygen atoms in total. The lowest BCUT2D eigenvalue weighted by Gasteiger charge is -2.22. The van der Waals surface area contributed by atoms with Gasteiger partial charge in [0.2, 0.25) is 0 Å². The molecule has 1 fully saturated rings. The summed E-state index contributed by atoms with van der Waals surface area (Å²) in [6, 6.07) is 0. The molecule has 0 unspecified atom stereocenters. The van der Waals surface area contributed by atoms with Crippen LogP contribution in [0.2, 0.25) is 0 Å². The van der Waals surface area contributed by atoms with Crippen molar-refractivity contribution in [3.05, 3.63) is 12.3 Å². The topological polar surface area (TPSA) is 21.3 Å². The Balaban J connectivity index is 1.89. The summed E-state index contributed by atoms with van der Waals surface area (Å²) in [4.78, 5) is 0. The summed E-state index contributed by atoms with van der Waals surface area (Å²) in [6.45, 7) is 7.92. The molecular formula is C13H25NO. The van der Waals surface area contributed by atoms with Gasteiger partial charge in [-0.05, 0) is 25.7 Å². The van der Waals surface area contributed by atoms with E-state index in [-0.39, 0.29) is 0 Å². The molecule has 0 bridgehead atoms. The van der Waals surface area contributed by atoms with Gasteiger partial charge < -0.3 is 10.1 Å². The third-order valence-electron chi connectivity index (χ3n) is 3.03. The Kier molecular flexibility index (Phi) is 6.49. The van der Waals surface area contributed by atoms with Gasteiger partial charge in [-0.3, -0.25) is 0 Å². The molecule has 1 N–H and O–H groups in total. The van der Waals surface area contributed by atoms with Gasteiger partial charge in [0.05, 0.1) is 6.10 Å². The second-order valence-electron chi connectivity index (χ2n) is 4.37. The third-order valence-corrected chi connectivity index (χ3v) is 3.03. The number of ether oxygens (including phenoxy) is 1. The average molecular weight is 211 g/mol. The molecule has 2 heteroatoms. The zero-order valence-corrected chi connectivity index (χ0v) is 10.1. The normalized spacial score (nSPS) is 17.7. The molecule has 88 valence electrons. The van der Waals surface area contributed by atoms with Gasteiger partial charge in [-0.25, -0.2) is 0 Å². The summed E-state index contributed by atoms with van der Waals surface area (Å²) in [5.41, 5.74) is 1.13. The van der Waals surface area contributed by atoms with Gasteiger partial charge >= 0.3 is 0 Å². The Morgan fingerprint density at radius 1 is 1.33 bits per heavy atom. The first-order valence-electron chi connectivity index (χ1n) is 6.36. The van der Waals surface area contributed by atoms with E-state index in [1.807, 2.05) is 0 Å². The van der Waals surface area contributed by atoms with Crippen molar-refractivity contribution >= 4 is 0 Å². The van der Waals surface area contributed by atoms with Gasteiger partial charge in [0, 0.05) is 18.8 Å². The van der Waals surface area contributed by atoms with Crippen LogP contribution in [0.1, 0.15) is 51.9 Å². The van der Waals surface area contributed by atoms with Gasteiger partial charge in [-0.1, -0.05) is 32.8 Å². The molecule has 0 aliphatic heterocycles. The second-order valence-corrected chi connectivity index (χ2v) is 4.37. The lowest BCUT2D eigenvalue weighted by molar-refractivity contribution is 0.0275. The fourth-order valence-electron chi connectivity index (χ4n) is 1.94. The van der Waals surface area contributed by atoms with Crippen molar-refractivity contribution in [2.75, 3.05) is 13.2 Å². The van der Waals surface area contributed by atoms with E-state index in [1.54, 1.807) is 0 Å². The maximum absolute atomic E-state index is 5.83. The highest BCUT2D eigenvalue weighted by Crippen LogP contribution is 2.20. The molecule has 0 aromatic heterocycles. The van der Waals surface area contributed by atoms with Crippen LogP contribution in [0.25, 0.3) is 0 Å². The highest BCUT2D eigenvalue weighted by Gasteiger charge is 2.12. The van der Waals surface area contributed by atoms with Crippen LogP contribution in [-0.2, 0) is 4.74 Å². The molecule has 0 heterocycles. The van der Waals surface area contributed by atoms with Crippen molar-refractivity contribution in [1.29, 1.82) is 0 Å². The van der Waals surface area contributed by atoms with Gasteiger partial charge in [0.25, 0.3) is 0 Å². The Bertz CT molecular complexity index is 173. The minimum Gasteiger partial charge on any atom is -0.389 e. The van der Waals surface area contributed by atoms with Crippen LogP contribution in [0.5, 0.6) is 0 Å². The zero-order chi connectivity index (χ0) is 10.9. The largest absolute Gasteiger partial charge is 0.389 e. The van der Waals surface area contributed by atoms with Crippen molar-refractivity contribution < 1.29 is 4.74 Å². The van der Waals surface area contributed by atoms with E-state index in [4.69, 9.17) is 4.74 Å². The minimum absolute atomic E-state index is 0.549. The Morgan fingerprint density at radius 3 is 2.73 bits per heavy atom. The lowest BCUT2D eigenvalue weighted by Crippen LogP contribution is -2.20. The quantitative estimate of drug-likeness (QED) is 0.653. The van der Waals surface area contributed by atoms with Crippen LogP contribution in [0.4, 0.5) is 0 Å². The number of nitrogens with one attached hydrogen (secondary N) is 1. The summed E-state index contributed by atoms with van der Waals surface area (Å²) in [5.74, 6) is 0. The van der Waals surface area contributed by atoms with E-state index < -0.39 is 0 Å². The van der Waals surface area contributed by atoms with Crippen LogP contribution >= 0.6 is 0 Å². The molecule has 1 rings (SSSR count). The molecule has 0 spiro atoms. The van der Waals surface area contributed by atoms with Crippen molar-refractivity contribution in [1.82, 2.24) is 5.32 Å². The van der Waals surface area contributed by atoms with Gasteiger partial charge in [-0.2, -0.15) is 0 Å². The first kappa shape index (κ1) is 12.6. The van der Waals surface area contributed by atoms with E-state index in [2.05, 4.69) is 18.8 Å². The molecule has 0 saturated heterocycles. The van der Waals surface area contributed by atoms with Crippen LogP contribution in [0.15, 0.2) is 12.3 Å². The average Bonchev–Trinajstić information content (AvgIpc) is 2.29. The zero-order valence-electron chi connectivity index (χ0n) is 10.1. The highest BCUT2D eigenvalue weighted by molar-refractivity contribution is 4.88. The van der Waals surface area contributed by atoms with Gasteiger partial charge in [0.15, 0.2) is 0 Å². The SMILES string of the molecule is C=C(CC)NCCCOC1CCCCC1. The van der Waals surface area contributed by atoms with E-state index in [0.717, 1.165) is 31.7 Å². The molecule has 1 aliphatic carbocycles. The fourth-order valence-corrected chi connectivity index (χ4v) is 1.94. The second kappa shape index (κ2) is 7.75. The molecule has 0 aromatic carbocycles. The van der Waals surface area contributed by atoms with E-state index in [0.29, 0.717) is 6.10 Å². The Labute approximate surface area is 94.1 Å². The predicted molar refractivity (Wildman–Crippen MR) is 64.9 cm³/mol. The standard InChI is InChI=1S/C13H25NO/c1-3-12(2)14-10-7-11-15-13-8-5-4-6-9-13/h13-14H,2-11H2,1H3. The Morgan fingerprint density at radius 2 is 2.07 bits per heavy atom. The number of allylic oxidation sites excluding steroid dienone is 1. The number of rotatable bonds is 7. The minimum atomic E-state index is 0.549. The molecule has 1 saturated carbocycles. The van der Waals surface area contributed by atoms with Crippen molar-refractivity contribution in [2.24, 2.45) is 0 Å². The molecule has 0 atom stereocenters. The maximum atomic E-state index is 5.83. The molecule has 15 heavy (non-hydrogen) atoms. The van der Waals surface area contributed by atoms with Crippen molar-refractivity contribution in [3.8, 4) is 0 Å². The lowest BCUT2D eigenvalue weighted by atomic mass is 9.98. The summed E-state index contributed by atoms with van der Waals surface area (Å²) in [5, 5.41) is 3.30. The first-order chi connectivity index (χ1) is 7.33. The summed E-state index contributed by atoms with van der Waals surface area (Å²) in [6.07, 6.45) is 9.32. The number of hydrogen-bond acceptors (Lipinski definition) is 2. The van der Waals surface area contributed by atoms with Crippen LogP contribution in [0.3, 0.4) is 0 Å². The summed E-state index contributed by atoms with van der Waals surface area (Å²) >= 11 is 0. The first-order valence-corrected chi connectivity index (χ1v) is 6.36. The van der Waals surface area contributed by atoms with Crippen LogP contribution in [-0.4, -0.2) is 19.3 Å². The number of hydrogen-bond donors (Lipinski definition) is 1. The monoisotopic (exact) mass is 211 g/mol. The summed E-state index contributed by atoms with van der Waals surface area (Å²) < 4.78 is 5.83. The van der Waals surface area contributed by atoms with Gasteiger partial charge in [-0.15, -0.1) is 0 Å². The third kappa shape index (κ3) is 5.83. The molecule has 0 amide bonds. The van der Waals surface area contributed by atoms with Crippen LogP contribution in [0, 0.1) is 0 Å². The van der Waals surface area contributed by atoms with E-state index in [1.165, 1.54) is 32.1 Å². The highest BCUT2D eigenvalue weighted by atomic mass is 16.5. The molecule has 0 aromatic rings. The van der Waals surface area contributed by atoms with E-state index >= 15 is 0 Å². The van der Waals surface area contributed by atoms with Crippen molar-refractivity contribution in [3.63, 3.8) is 0 Å². The molecular weight excluding hydrogens is 186 g/mol. The van der Waals surface area contributed by atoms with Crippen molar-refractivity contribution in [2.45, 2.75) is 58.0 Å². The molecule has 0 radical (unpaired) electrons. The maximum Gasteiger partial charge on any atom is 0.0575 e. The van der Waals surface area contributed by atoms with E-state index in [9.17, 15) is 0 Å². The van der Waals surface area contributed by atoms with Gasteiger partial charge in [0.1, 0.15) is 0 Å². The smallest absolute Gasteiger partial charge is 0.0575 e. The Hall–Kier alpha value is -0.500. The van der Waals surface area contributed by atoms with Crippen LogP contribution < -0.4 is 5.32 Å². The predicted octanol–water partition coefficient (Wildman–Crippen LogP) is 3.24. The fraction of sp³-hybridized carbons (Fsp3) is 0.846. The summed E-state index contributed by atoms with van der Waals surface area (Å²) in [7, 11) is 0.